The highest BCUT2D eigenvalue weighted by Crippen LogP contribution is 2.24. The summed E-state index contributed by atoms with van der Waals surface area (Å²) in [6, 6.07) is 16.4. The third kappa shape index (κ3) is 3.85. The van der Waals surface area contributed by atoms with Crippen molar-refractivity contribution >= 4 is 40.0 Å². The van der Waals surface area contributed by atoms with E-state index in [9.17, 15) is 9.59 Å². The zero-order valence-corrected chi connectivity index (χ0v) is 16.0. The van der Waals surface area contributed by atoms with E-state index >= 15 is 0 Å². The molecule has 5 nitrogen and oxygen atoms in total. The van der Waals surface area contributed by atoms with Crippen LogP contribution in [-0.4, -0.2) is 34.8 Å². The number of fused-ring (bicyclic) bond motifs is 1. The van der Waals surface area contributed by atoms with Gasteiger partial charge in [0.1, 0.15) is 0 Å². The number of carbonyl (C=O) groups is 2. The van der Waals surface area contributed by atoms with Gasteiger partial charge in [0.15, 0.2) is 0 Å². The van der Waals surface area contributed by atoms with Gasteiger partial charge in [-0.1, -0.05) is 29.8 Å². The van der Waals surface area contributed by atoms with Crippen molar-refractivity contribution < 1.29 is 9.59 Å². The zero-order chi connectivity index (χ0) is 19.5. The van der Waals surface area contributed by atoms with E-state index in [2.05, 4.69) is 10.3 Å². The third-order valence-electron chi connectivity index (χ3n) is 5.06. The van der Waals surface area contributed by atoms with Crippen LogP contribution in [0.1, 0.15) is 23.2 Å². The van der Waals surface area contributed by atoms with Crippen molar-refractivity contribution in [3.8, 4) is 0 Å². The Morgan fingerprint density at radius 2 is 1.86 bits per heavy atom. The molecule has 4 rings (SSSR count). The molecule has 1 unspecified atom stereocenters. The van der Waals surface area contributed by atoms with Crippen LogP contribution in [0.4, 0.5) is 5.69 Å². The molecule has 6 heteroatoms. The first-order valence-electron chi connectivity index (χ1n) is 9.31. The molecule has 1 atom stereocenters. The van der Waals surface area contributed by atoms with Crippen molar-refractivity contribution in [2.75, 3.05) is 18.4 Å². The number of hydrogen-bond acceptors (Lipinski definition) is 3. The number of para-hydroxylation sites is 1. The number of nitrogens with zero attached hydrogens (tertiary/aromatic N) is 2. The van der Waals surface area contributed by atoms with Gasteiger partial charge in [-0.25, -0.2) is 0 Å². The average molecular weight is 394 g/mol. The van der Waals surface area contributed by atoms with E-state index in [1.165, 1.54) is 0 Å². The minimum atomic E-state index is -0.246. The Morgan fingerprint density at radius 1 is 1.07 bits per heavy atom. The average Bonchev–Trinajstić information content (AvgIpc) is 2.74. The first-order chi connectivity index (χ1) is 13.6. The van der Waals surface area contributed by atoms with Crippen LogP contribution in [0.3, 0.4) is 0 Å². The van der Waals surface area contributed by atoms with Crippen LogP contribution >= 0.6 is 11.6 Å². The van der Waals surface area contributed by atoms with E-state index in [4.69, 9.17) is 11.6 Å². The normalized spacial score (nSPS) is 16.8. The van der Waals surface area contributed by atoms with Crippen LogP contribution in [0.25, 0.3) is 10.9 Å². The number of benzene rings is 2. The van der Waals surface area contributed by atoms with Crippen molar-refractivity contribution in [2.24, 2.45) is 5.92 Å². The Morgan fingerprint density at radius 3 is 2.68 bits per heavy atom. The highest BCUT2D eigenvalue weighted by Gasteiger charge is 2.29. The first-order valence-corrected chi connectivity index (χ1v) is 9.69. The molecule has 1 aliphatic rings. The van der Waals surface area contributed by atoms with Gasteiger partial charge in [-0.3, -0.25) is 14.6 Å². The summed E-state index contributed by atoms with van der Waals surface area (Å²) >= 11 is 5.90. The number of aromatic nitrogens is 1. The maximum atomic E-state index is 12.9. The van der Waals surface area contributed by atoms with Gasteiger partial charge in [-0.15, -0.1) is 0 Å². The van der Waals surface area contributed by atoms with Gasteiger partial charge in [0.2, 0.25) is 5.91 Å². The lowest BCUT2D eigenvalue weighted by molar-refractivity contribution is -0.121. The second-order valence-electron chi connectivity index (χ2n) is 6.97. The van der Waals surface area contributed by atoms with Crippen molar-refractivity contribution in [1.82, 2.24) is 9.88 Å². The number of anilines is 1. The molecule has 0 bridgehead atoms. The van der Waals surface area contributed by atoms with Gasteiger partial charge in [-0.2, -0.15) is 0 Å². The second-order valence-corrected chi connectivity index (χ2v) is 7.40. The lowest BCUT2D eigenvalue weighted by atomic mass is 9.96. The molecule has 0 aliphatic carbocycles. The Hall–Kier alpha value is -2.92. The lowest BCUT2D eigenvalue weighted by Gasteiger charge is -2.32. The van der Waals surface area contributed by atoms with Gasteiger partial charge < -0.3 is 10.2 Å². The number of carbonyl (C=O) groups excluding carboxylic acids is 2. The molecule has 1 fully saturated rings. The number of rotatable bonds is 3. The summed E-state index contributed by atoms with van der Waals surface area (Å²) in [5, 5.41) is 4.57. The minimum absolute atomic E-state index is 0.0685. The van der Waals surface area contributed by atoms with E-state index in [1.807, 2.05) is 30.3 Å². The number of likely N-dealkylation sites (tertiary alicyclic amines) is 1. The van der Waals surface area contributed by atoms with Crippen LogP contribution in [0.2, 0.25) is 5.02 Å². The van der Waals surface area contributed by atoms with Crippen LogP contribution in [0.15, 0.2) is 60.8 Å². The van der Waals surface area contributed by atoms with Crippen molar-refractivity contribution in [2.45, 2.75) is 12.8 Å². The zero-order valence-electron chi connectivity index (χ0n) is 15.3. The van der Waals surface area contributed by atoms with Crippen molar-refractivity contribution in [3.05, 3.63) is 71.4 Å². The fourth-order valence-corrected chi connectivity index (χ4v) is 3.72. The Kier molecular flexibility index (Phi) is 5.26. The molecule has 0 saturated carbocycles. The molecular formula is C22H20ClN3O2. The molecule has 1 N–H and O–H groups in total. The largest absolute Gasteiger partial charge is 0.338 e. The van der Waals surface area contributed by atoms with Gasteiger partial charge in [0.05, 0.1) is 17.1 Å². The first kappa shape index (κ1) is 18.4. The molecule has 0 radical (unpaired) electrons. The Bertz CT molecular complexity index is 1010. The maximum Gasteiger partial charge on any atom is 0.253 e. The second kappa shape index (κ2) is 7.98. The topological polar surface area (TPSA) is 62.3 Å². The summed E-state index contributed by atoms with van der Waals surface area (Å²) in [5.41, 5.74) is 2.05. The summed E-state index contributed by atoms with van der Waals surface area (Å²) in [6.45, 7) is 1.06. The molecule has 0 spiro atoms. The SMILES string of the molecule is O=C(Nc1cccc2cccnc12)C1CCCN(C(=O)c2ccc(Cl)cc2)C1. The molecular weight excluding hydrogens is 374 g/mol. The lowest BCUT2D eigenvalue weighted by Crippen LogP contribution is -2.43. The quantitative estimate of drug-likeness (QED) is 0.718. The predicted molar refractivity (Wildman–Crippen MR) is 110 cm³/mol. The molecule has 142 valence electrons. The van der Waals surface area contributed by atoms with Crippen molar-refractivity contribution in [1.29, 1.82) is 0 Å². The van der Waals surface area contributed by atoms with Crippen LogP contribution in [0, 0.1) is 5.92 Å². The third-order valence-corrected chi connectivity index (χ3v) is 5.31. The van der Waals surface area contributed by atoms with E-state index in [-0.39, 0.29) is 17.7 Å². The highest BCUT2D eigenvalue weighted by atomic mass is 35.5. The van der Waals surface area contributed by atoms with E-state index < -0.39 is 0 Å². The molecule has 1 saturated heterocycles. The van der Waals surface area contributed by atoms with E-state index in [1.54, 1.807) is 35.4 Å². The smallest absolute Gasteiger partial charge is 0.253 e. The molecule has 2 aromatic carbocycles. The summed E-state index contributed by atoms with van der Waals surface area (Å²) in [4.78, 5) is 31.7. The monoisotopic (exact) mass is 393 g/mol. The van der Waals surface area contributed by atoms with E-state index in [0.29, 0.717) is 29.4 Å². The molecule has 1 aliphatic heterocycles. The molecule has 3 aromatic rings. The Balaban J connectivity index is 1.47. The van der Waals surface area contributed by atoms with E-state index in [0.717, 1.165) is 23.7 Å². The summed E-state index contributed by atoms with van der Waals surface area (Å²) in [7, 11) is 0. The van der Waals surface area contributed by atoms with Crippen molar-refractivity contribution in [3.63, 3.8) is 0 Å². The fourth-order valence-electron chi connectivity index (χ4n) is 3.59. The van der Waals surface area contributed by atoms with Gasteiger partial charge >= 0.3 is 0 Å². The highest BCUT2D eigenvalue weighted by molar-refractivity contribution is 6.30. The molecule has 2 amide bonds. The minimum Gasteiger partial charge on any atom is -0.338 e. The van der Waals surface area contributed by atoms with Crippen LogP contribution < -0.4 is 5.32 Å². The number of piperidine rings is 1. The number of hydrogen-bond donors (Lipinski definition) is 1. The standard InChI is InChI=1S/C22H20ClN3O2/c23-18-10-8-16(9-11-18)22(28)26-13-3-6-17(14-26)21(27)25-19-7-1-4-15-5-2-12-24-20(15)19/h1-2,4-5,7-12,17H,3,6,13-14H2,(H,25,27). The Labute approximate surface area is 168 Å². The fraction of sp³-hybridized carbons (Fsp3) is 0.227. The summed E-state index contributed by atoms with van der Waals surface area (Å²) in [5.74, 6) is -0.392. The van der Waals surface area contributed by atoms with Gasteiger partial charge in [0.25, 0.3) is 5.91 Å². The molecule has 1 aromatic heterocycles. The van der Waals surface area contributed by atoms with Crippen LogP contribution in [0.5, 0.6) is 0 Å². The van der Waals surface area contributed by atoms with Gasteiger partial charge in [-0.05, 0) is 49.2 Å². The molecule has 28 heavy (non-hydrogen) atoms. The number of halogens is 1. The van der Waals surface area contributed by atoms with Gasteiger partial charge in [0, 0.05) is 35.3 Å². The molecule has 2 heterocycles. The number of nitrogens with one attached hydrogen (secondary N) is 1. The predicted octanol–water partition coefficient (Wildman–Crippen LogP) is 4.38. The maximum absolute atomic E-state index is 12.9. The summed E-state index contributed by atoms with van der Waals surface area (Å²) in [6.07, 6.45) is 3.27. The van der Waals surface area contributed by atoms with Crippen LogP contribution in [-0.2, 0) is 4.79 Å². The summed E-state index contributed by atoms with van der Waals surface area (Å²) < 4.78 is 0. The number of pyridine rings is 1. The number of amides is 2.